The van der Waals surface area contributed by atoms with E-state index in [0.29, 0.717) is 23.6 Å². The third-order valence-electron chi connectivity index (χ3n) is 5.54. The number of benzene rings is 2. The number of ether oxygens (including phenoxy) is 1. The molecule has 0 N–H and O–H groups in total. The van der Waals surface area contributed by atoms with Crippen molar-refractivity contribution in [3.05, 3.63) is 58.9 Å². The van der Waals surface area contributed by atoms with Crippen molar-refractivity contribution < 1.29 is 14.3 Å². The summed E-state index contributed by atoms with van der Waals surface area (Å²) < 4.78 is 7.07. The molecule has 0 bridgehead atoms. The quantitative estimate of drug-likeness (QED) is 0.517. The van der Waals surface area contributed by atoms with E-state index < -0.39 is 0 Å². The maximum Gasteiger partial charge on any atom is 0.306 e. The van der Waals surface area contributed by atoms with Crippen molar-refractivity contribution in [3.63, 3.8) is 0 Å². The van der Waals surface area contributed by atoms with Gasteiger partial charge in [0.2, 0.25) is 0 Å². The largest absolute Gasteiger partial charge is 0.466 e. The second-order valence-corrected chi connectivity index (χ2v) is 8.14. The number of nitrogens with zero attached hydrogens (tertiary/aromatic N) is 3. The SMILES string of the molecule is CCOC(=O)CCc1nc2cc(C(=O)N3CCCCC3)ccc2n1-c1cccc(Cl)c1. The van der Waals surface area contributed by atoms with Crippen molar-refractivity contribution in [1.82, 2.24) is 14.5 Å². The topological polar surface area (TPSA) is 64.4 Å². The van der Waals surface area contributed by atoms with Crippen LogP contribution in [0.2, 0.25) is 5.02 Å². The van der Waals surface area contributed by atoms with Gasteiger partial charge in [-0.25, -0.2) is 4.98 Å². The van der Waals surface area contributed by atoms with Crippen LogP contribution in [0.15, 0.2) is 42.5 Å². The number of hydrogen-bond acceptors (Lipinski definition) is 4. The van der Waals surface area contributed by atoms with Gasteiger partial charge < -0.3 is 9.64 Å². The molecule has 4 rings (SSSR count). The molecule has 1 amide bonds. The number of piperidine rings is 1. The third kappa shape index (κ3) is 4.74. The number of hydrogen-bond donors (Lipinski definition) is 0. The molecular formula is C24H26ClN3O3. The van der Waals surface area contributed by atoms with E-state index in [0.717, 1.165) is 48.5 Å². The average molecular weight is 440 g/mol. The zero-order chi connectivity index (χ0) is 21.8. The van der Waals surface area contributed by atoms with E-state index in [1.165, 1.54) is 6.42 Å². The number of aryl methyl sites for hydroxylation is 1. The molecule has 2 aromatic carbocycles. The minimum Gasteiger partial charge on any atom is -0.466 e. The molecule has 0 unspecified atom stereocenters. The Morgan fingerprint density at radius 1 is 1.10 bits per heavy atom. The van der Waals surface area contributed by atoms with E-state index >= 15 is 0 Å². The molecule has 0 radical (unpaired) electrons. The number of amides is 1. The molecule has 0 spiro atoms. The normalized spacial score (nSPS) is 14.1. The Morgan fingerprint density at radius 2 is 1.90 bits per heavy atom. The highest BCUT2D eigenvalue weighted by Gasteiger charge is 2.20. The molecule has 6 nitrogen and oxygen atoms in total. The molecule has 1 aromatic heterocycles. The summed E-state index contributed by atoms with van der Waals surface area (Å²) in [6.45, 7) is 3.75. The van der Waals surface area contributed by atoms with Crippen molar-refractivity contribution in [2.45, 2.75) is 39.0 Å². The summed E-state index contributed by atoms with van der Waals surface area (Å²) >= 11 is 6.23. The van der Waals surface area contributed by atoms with Crippen molar-refractivity contribution in [2.24, 2.45) is 0 Å². The molecule has 31 heavy (non-hydrogen) atoms. The molecule has 1 fully saturated rings. The van der Waals surface area contributed by atoms with Crippen LogP contribution in [0, 0.1) is 0 Å². The van der Waals surface area contributed by atoms with Gasteiger partial charge in [0, 0.05) is 35.8 Å². The number of imidazole rings is 1. The predicted octanol–water partition coefficient (Wildman–Crippen LogP) is 4.80. The Bertz CT molecular complexity index is 1100. The maximum atomic E-state index is 12.9. The number of fused-ring (bicyclic) bond motifs is 1. The van der Waals surface area contributed by atoms with Gasteiger partial charge in [-0.3, -0.25) is 14.2 Å². The zero-order valence-electron chi connectivity index (χ0n) is 17.6. The number of carbonyl (C=O) groups is 2. The predicted molar refractivity (Wildman–Crippen MR) is 121 cm³/mol. The average Bonchev–Trinajstić information content (AvgIpc) is 3.15. The van der Waals surface area contributed by atoms with Gasteiger partial charge in [-0.1, -0.05) is 17.7 Å². The molecule has 3 aromatic rings. The Hall–Kier alpha value is -2.86. The third-order valence-corrected chi connectivity index (χ3v) is 5.77. The standard InChI is InChI=1S/C24H26ClN3O3/c1-2-31-23(29)12-11-22-26-20-15-17(24(30)27-13-4-3-5-14-27)9-10-21(20)28(22)19-8-6-7-18(25)16-19/h6-10,15-16H,2-5,11-14H2,1H3. The first-order chi connectivity index (χ1) is 15.1. The second-order valence-electron chi connectivity index (χ2n) is 7.70. The lowest BCUT2D eigenvalue weighted by atomic mass is 10.1. The van der Waals surface area contributed by atoms with E-state index in [1.54, 1.807) is 6.92 Å². The fourth-order valence-corrected chi connectivity index (χ4v) is 4.25. The van der Waals surface area contributed by atoms with Crippen LogP contribution in [-0.2, 0) is 16.0 Å². The minimum absolute atomic E-state index is 0.0481. The molecule has 7 heteroatoms. The number of likely N-dealkylation sites (tertiary alicyclic amines) is 1. The van der Waals surface area contributed by atoms with Crippen LogP contribution in [0.25, 0.3) is 16.7 Å². The van der Waals surface area contributed by atoms with Gasteiger partial charge in [0.05, 0.1) is 24.1 Å². The summed E-state index contributed by atoms with van der Waals surface area (Å²) in [4.78, 5) is 31.6. The summed E-state index contributed by atoms with van der Waals surface area (Å²) in [5, 5.41) is 0.618. The maximum absolute atomic E-state index is 12.9. The molecule has 1 aliphatic rings. The molecular weight excluding hydrogens is 414 g/mol. The summed E-state index contributed by atoms with van der Waals surface area (Å²) in [5.41, 5.74) is 3.10. The lowest BCUT2D eigenvalue weighted by Crippen LogP contribution is -2.35. The fourth-order valence-electron chi connectivity index (χ4n) is 4.06. The van der Waals surface area contributed by atoms with Gasteiger partial charge in [0.25, 0.3) is 5.91 Å². The molecule has 0 aliphatic carbocycles. The Morgan fingerprint density at radius 3 is 2.65 bits per heavy atom. The van der Waals surface area contributed by atoms with E-state index in [9.17, 15) is 9.59 Å². The van der Waals surface area contributed by atoms with E-state index in [4.69, 9.17) is 21.3 Å². The molecule has 1 saturated heterocycles. The summed E-state index contributed by atoms with van der Waals surface area (Å²) in [7, 11) is 0. The summed E-state index contributed by atoms with van der Waals surface area (Å²) in [6.07, 6.45) is 3.94. The van der Waals surface area contributed by atoms with Crippen molar-refractivity contribution in [3.8, 4) is 5.69 Å². The molecule has 0 atom stereocenters. The minimum atomic E-state index is -0.256. The zero-order valence-corrected chi connectivity index (χ0v) is 18.4. The van der Waals surface area contributed by atoms with E-state index in [2.05, 4.69) is 0 Å². The number of halogens is 1. The Balaban J connectivity index is 1.72. The van der Waals surface area contributed by atoms with Crippen LogP contribution in [0.1, 0.15) is 48.8 Å². The van der Waals surface area contributed by atoms with Crippen LogP contribution >= 0.6 is 11.6 Å². The van der Waals surface area contributed by atoms with Crippen LogP contribution in [0.5, 0.6) is 0 Å². The van der Waals surface area contributed by atoms with Gasteiger partial charge in [0.15, 0.2) is 0 Å². The lowest BCUT2D eigenvalue weighted by Gasteiger charge is -2.26. The molecule has 162 valence electrons. The molecule has 2 heterocycles. The smallest absolute Gasteiger partial charge is 0.306 e. The van der Waals surface area contributed by atoms with Gasteiger partial charge in [-0.05, 0) is 62.6 Å². The van der Waals surface area contributed by atoms with E-state index in [-0.39, 0.29) is 18.3 Å². The first kappa shape index (κ1) is 21.4. The van der Waals surface area contributed by atoms with Crippen molar-refractivity contribution in [2.75, 3.05) is 19.7 Å². The van der Waals surface area contributed by atoms with Crippen LogP contribution in [0.3, 0.4) is 0 Å². The van der Waals surface area contributed by atoms with Gasteiger partial charge in [-0.15, -0.1) is 0 Å². The highest BCUT2D eigenvalue weighted by atomic mass is 35.5. The first-order valence-electron chi connectivity index (χ1n) is 10.8. The van der Waals surface area contributed by atoms with Crippen molar-refractivity contribution >= 4 is 34.5 Å². The molecule has 1 aliphatic heterocycles. The van der Waals surface area contributed by atoms with Crippen LogP contribution in [-0.4, -0.2) is 46.0 Å². The van der Waals surface area contributed by atoms with Gasteiger partial charge in [-0.2, -0.15) is 0 Å². The fraction of sp³-hybridized carbons (Fsp3) is 0.375. The number of rotatable bonds is 6. The Kier molecular flexibility index (Phi) is 6.56. The number of esters is 1. The van der Waals surface area contributed by atoms with Crippen LogP contribution < -0.4 is 0 Å². The number of carbonyl (C=O) groups excluding carboxylic acids is 2. The van der Waals surface area contributed by atoms with E-state index in [1.807, 2.05) is 51.9 Å². The van der Waals surface area contributed by atoms with Crippen LogP contribution in [0.4, 0.5) is 0 Å². The highest BCUT2D eigenvalue weighted by Crippen LogP contribution is 2.26. The number of aromatic nitrogens is 2. The summed E-state index contributed by atoms with van der Waals surface area (Å²) in [5.74, 6) is 0.521. The summed E-state index contributed by atoms with van der Waals surface area (Å²) in [6, 6.07) is 13.1. The van der Waals surface area contributed by atoms with Gasteiger partial charge >= 0.3 is 5.97 Å². The highest BCUT2D eigenvalue weighted by molar-refractivity contribution is 6.30. The Labute approximate surface area is 186 Å². The first-order valence-corrected chi connectivity index (χ1v) is 11.2. The monoisotopic (exact) mass is 439 g/mol. The lowest BCUT2D eigenvalue weighted by molar-refractivity contribution is -0.143. The molecule has 0 saturated carbocycles. The van der Waals surface area contributed by atoms with Crippen molar-refractivity contribution in [1.29, 1.82) is 0 Å². The second kappa shape index (κ2) is 9.52. The van der Waals surface area contributed by atoms with Gasteiger partial charge in [0.1, 0.15) is 5.82 Å².